The van der Waals surface area contributed by atoms with Gasteiger partial charge in [-0.05, 0) is 33.1 Å². The van der Waals surface area contributed by atoms with Crippen LogP contribution in [-0.2, 0) is 47.4 Å². The predicted octanol–water partition coefficient (Wildman–Crippen LogP) is -2.22. The van der Waals surface area contributed by atoms with Gasteiger partial charge in [0.1, 0.15) is 85.5 Å². The highest BCUT2D eigenvalue weighted by atomic mass is 16.8. The molecule has 0 spiro atoms. The zero-order valence-corrected chi connectivity index (χ0v) is 32.4. The average Bonchev–Trinajstić information content (AvgIpc) is 3.17. The van der Waals surface area contributed by atoms with Gasteiger partial charge in [-0.25, -0.2) is 0 Å². The van der Waals surface area contributed by atoms with E-state index in [-0.39, 0.29) is 19.8 Å². The minimum atomic E-state index is -1.81. The van der Waals surface area contributed by atoms with Gasteiger partial charge in [-0.3, -0.25) is 0 Å². The van der Waals surface area contributed by atoms with Crippen LogP contribution >= 0.6 is 0 Å². The highest BCUT2D eigenvalue weighted by Gasteiger charge is 2.56. The minimum absolute atomic E-state index is 0.175. The maximum Gasteiger partial charge on any atom is 0.187 e. The van der Waals surface area contributed by atoms with Gasteiger partial charge in [0.25, 0.3) is 0 Å². The summed E-state index contributed by atoms with van der Waals surface area (Å²) in [5.41, 5.74) is 0. The Balaban J connectivity index is 1.69. The summed E-state index contributed by atoms with van der Waals surface area (Å²) in [6.07, 6.45) is -24.2. The molecule has 0 amide bonds. The van der Waals surface area contributed by atoms with Crippen molar-refractivity contribution in [1.29, 1.82) is 0 Å². The molecular formula is C36H66O19. The van der Waals surface area contributed by atoms with Gasteiger partial charge in [0, 0.05) is 19.8 Å². The molecule has 0 bridgehead atoms. The second-order valence-corrected chi connectivity index (χ2v) is 14.7. The van der Waals surface area contributed by atoms with Gasteiger partial charge in [0.15, 0.2) is 25.2 Å². The first kappa shape index (κ1) is 46.9. The summed E-state index contributed by atoms with van der Waals surface area (Å²) in [5.74, 6) is 0. The molecule has 19 nitrogen and oxygen atoms in total. The maximum absolute atomic E-state index is 11.8. The summed E-state index contributed by atoms with van der Waals surface area (Å²) in [4.78, 5) is 0. The van der Waals surface area contributed by atoms with Gasteiger partial charge in [-0.15, -0.1) is 0 Å². The van der Waals surface area contributed by atoms with Crippen LogP contribution in [0.5, 0.6) is 0 Å². The van der Waals surface area contributed by atoms with E-state index in [4.69, 9.17) is 47.4 Å². The second kappa shape index (κ2) is 22.6. The molecule has 4 aliphatic rings. The van der Waals surface area contributed by atoms with Crippen LogP contribution in [0.15, 0.2) is 0 Å². The number of rotatable bonds is 20. The lowest BCUT2D eigenvalue weighted by Gasteiger charge is -2.50. The molecule has 4 rings (SSSR count). The summed E-state index contributed by atoms with van der Waals surface area (Å²) < 4.78 is 60.3. The average molecular weight is 803 g/mol. The molecule has 0 aromatic rings. The Morgan fingerprint density at radius 2 is 0.800 bits per heavy atom. The Bertz CT molecular complexity index is 1080. The minimum Gasteiger partial charge on any atom is -0.394 e. The lowest BCUT2D eigenvalue weighted by atomic mass is 9.95. The van der Waals surface area contributed by atoms with Crippen molar-refractivity contribution in [3.63, 3.8) is 0 Å². The van der Waals surface area contributed by atoms with Crippen molar-refractivity contribution < 1.29 is 93.3 Å². The fourth-order valence-corrected chi connectivity index (χ4v) is 6.92. The molecular weight excluding hydrogens is 736 g/mol. The number of hydrogen-bond donors (Lipinski definition) is 9. The smallest absolute Gasteiger partial charge is 0.187 e. The Hall–Kier alpha value is -0.760. The molecule has 0 aromatic heterocycles. The molecule has 9 N–H and O–H groups in total. The molecule has 0 aliphatic carbocycles. The van der Waals surface area contributed by atoms with Crippen LogP contribution in [0.2, 0.25) is 0 Å². The summed E-state index contributed by atoms with van der Waals surface area (Å²) in [7, 11) is 0. The van der Waals surface area contributed by atoms with Gasteiger partial charge in [-0.1, -0.05) is 40.0 Å². The van der Waals surface area contributed by atoms with Gasteiger partial charge in [-0.2, -0.15) is 0 Å². The first-order valence-electron chi connectivity index (χ1n) is 19.7. The van der Waals surface area contributed by atoms with Gasteiger partial charge in [0.05, 0.1) is 25.4 Å². The van der Waals surface area contributed by atoms with E-state index < -0.39 is 136 Å². The van der Waals surface area contributed by atoms with Crippen molar-refractivity contribution in [3.8, 4) is 0 Å². The normalized spacial score (nSPS) is 45.5. The van der Waals surface area contributed by atoms with Crippen molar-refractivity contribution >= 4 is 0 Å². The highest BCUT2D eigenvalue weighted by molar-refractivity contribution is 4.98. The second-order valence-electron chi connectivity index (χ2n) is 14.7. The van der Waals surface area contributed by atoms with Crippen LogP contribution in [0.25, 0.3) is 0 Å². The third-order valence-electron chi connectivity index (χ3n) is 10.5. The van der Waals surface area contributed by atoms with Crippen LogP contribution in [-0.4, -0.2) is 202 Å². The predicted molar refractivity (Wildman–Crippen MR) is 187 cm³/mol. The van der Waals surface area contributed by atoms with Crippen molar-refractivity contribution in [2.45, 2.75) is 196 Å². The topological polar surface area (TPSA) is 274 Å². The van der Waals surface area contributed by atoms with E-state index in [9.17, 15) is 46.0 Å². The molecule has 4 aliphatic heterocycles. The molecule has 0 saturated carbocycles. The van der Waals surface area contributed by atoms with Gasteiger partial charge >= 0.3 is 0 Å². The van der Waals surface area contributed by atoms with E-state index in [1.165, 1.54) is 13.8 Å². The standard InChI is InChI=1S/C36H66O19/c1-6-9-12-46-30-24(42)21(39)17(4)49-34(30)54-29-27(45)33(48-14-11-8-3)52-20(16-38)28(29)53-36-32(26(44)23(41)19(15-37)51-36)55-35-31(47-13-10-7-2)25(43)22(40)18(5)50-35/h17-45H,6-16H2,1-5H3/t17?,18-,19-,20?,21+,22-,23-,24?,25?,26?,27-,28+,29?,30-,31?,32?,33+,34-,35-,36-/m0/s1. The molecule has 4 heterocycles. The third-order valence-corrected chi connectivity index (χ3v) is 10.5. The quantitative estimate of drug-likeness (QED) is 0.0590. The van der Waals surface area contributed by atoms with Crippen molar-refractivity contribution in [1.82, 2.24) is 0 Å². The molecule has 0 radical (unpaired) electrons. The summed E-state index contributed by atoms with van der Waals surface area (Å²) in [6, 6.07) is 0. The first-order chi connectivity index (χ1) is 26.3. The third kappa shape index (κ3) is 11.5. The van der Waals surface area contributed by atoms with Crippen molar-refractivity contribution in [2.75, 3.05) is 33.0 Å². The molecule has 0 aromatic carbocycles. The summed E-state index contributed by atoms with van der Waals surface area (Å²) in [5, 5.41) is 98.1. The van der Waals surface area contributed by atoms with Crippen molar-refractivity contribution in [3.05, 3.63) is 0 Å². The molecule has 4 fully saturated rings. The van der Waals surface area contributed by atoms with E-state index in [0.717, 1.165) is 19.3 Å². The maximum atomic E-state index is 11.8. The van der Waals surface area contributed by atoms with Gasteiger partial charge < -0.3 is 93.3 Å². The van der Waals surface area contributed by atoms with Gasteiger partial charge in [0.2, 0.25) is 0 Å². The molecule has 8 unspecified atom stereocenters. The fourth-order valence-electron chi connectivity index (χ4n) is 6.92. The molecule has 55 heavy (non-hydrogen) atoms. The largest absolute Gasteiger partial charge is 0.394 e. The van der Waals surface area contributed by atoms with Crippen LogP contribution in [0.3, 0.4) is 0 Å². The monoisotopic (exact) mass is 802 g/mol. The van der Waals surface area contributed by atoms with E-state index in [2.05, 4.69) is 0 Å². The van der Waals surface area contributed by atoms with E-state index in [1.54, 1.807) is 0 Å². The summed E-state index contributed by atoms with van der Waals surface area (Å²) >= 11 is 0. The Labute approximate surface area is 322 Å². The highest BCUT2D eigenvalue weighted by Crippen LogP contribution is 2.36. The number of hydrogen-bond acceptors (Lipinski definition) is 19. The Morgan fingerprint density at radius 3 is 1.27 bits per heavy atom. The molecule has 19 heteroatoms. The molecule has 20 atom stereocenters. The van der Waals surface area contributed by atoms with E-state index in [0.29, 0.717) is 19.3 Å². The van der Waals surface area contributed by atoms with Crippen LogP contribution in [0.1, 0.15) is 73.1 Å². The number of unbranched alkanes of at least 4 members (excludes halogenated alkanes) is 3. The summed E-state index contributed by atoms with van der Waals surface area (Å²) in [6.45, 7) is 7.94. The molecule has 324 valence electrons. The van der Waals surface area contributed by atoms with Crippen LogP contribution in [0.4, 0.5) is 0 Å². The number of aliphatic hydroxyl groups excluding tert-OH is 9. The lowest BCUT2D eigenvalue weighted by molar-refractivity contribution is -0.401. The van der Waals surface area contributed by atoms with E-state index in [1.807, 2.05) is 20.8 Å². The fraction of sp³-hybridized carbons (Fsp3) is 1.00. The zero-order chi connectivity index (χ0) is 40.4. The zero-order valence-electron chi connectivity index (χ0n) is 32.4. The Morgan fingerprint density at radius 1 is 0.400 bits per heavy atom. The Kier molecular flexibility index (Phi) is 19.3. The van der Waals surface area contributed by atoms with Crippen LogP contribution < -0.4 is 0 Å². The van der Waals surface area contributed by atoms with Crippen molar-refractivity contribution in [2.24, 2.45) is 0 Å². The molecule has 4 saturated heterocycles. The van der Waals surface area contributed by atoms with E-state index >= 15 is 0 Å². The number of ether oxygens (including phenoxy) is 10. The number of aliphatic hydroxyl groups is 9. The first-order valence-corrected chi connectivity index (χ1v) is 19.7. The lowest BCUT2D eigenvalue weighted by Crippen LogP contribution is -2.68. The van der Waals surface area contributed by atoms with Crippen LogP contribution in [0, 0.1) is 0 Å². The SMILES string of the molecule is CCCCOC1C(O)[C@@H](O)[C@H](C)O[C@H]1OC1C(O)[C@@H](O)[C@H](CO)O[C@H]1O[C@@H]1C(CO)O[C@@H](OCCCC)[C@@H](O)C1O[C@@H]1OC(C)[C@@H](O)C(O)[C@@H]1OCCCC.